The van der Waals surface area contributed by atoms with Crippen LogP contribution in [0.1, 0.15) is 13.8 Å². The highest BCUT2D eigenvalue weighted by Gasteiger charge is 2.38. The Labute approximate surface area is 90.5 Å². The Morgan fingerprint density at radius 2 is 2.33 bits per heavy atom. The Bertz CT molecular complexity index is 231. The van der Waals surface area contributed by atoms with Crippen LogP contribution in [0.3, 0.4) is 0 Å². The molecule has 1 unspecified atom stereocenters. The highest BCUT2D eigenvalue weighted by atomic mass is 16.5. The lowest BCUT2D eigenvalue weighted by Crippen LogP contribution is -2.61. The third-order valence-corrected chi connectivity index (χ3v) is 2.78. The van der Waals surface area contributed by atoms with Crippen molar-refractivity contribution in [3.8, 4) is 0 Å². The van der Waals surface area contributed by atoms with E-state index >= 15 is 0 Å². The molecule has 0 aromatic carbocycles. The van der Waals surface area contributed by atoms with E-state index in [9.17, 15) is 4.79 Å². The molecule has 0 aliphatic carbocycles. The molecular weight excluding hydrogens is 196 g/mol. The fourth-order valence-corrected chi connectivity index (χ4v) is 1.93. The summed E-state index contributed by atoms with van der Waals surface area (Å²) in [5.74, 6) is -0.271. The number of nitrogens with two attached hydrogens (primary N) is 1. The number of nitrogens with zero attached hydrogens (tertiary/aromatic N) is 1. The lowest BCUT2D eigenvalue weighted by atomic mass is 9.99. The molecule has 0 aromatic heterocycles. The van der Waals surface area contributed by atoms with E-state index in [1.165, 1.54) is 7.11 Å². The highest BCUT2D eigenvalue weighted by molar-refractivity contribution is 5.76. The zero-order valence-corrected chi connectivity index (χ0v) is 9.66. The fourth-order valence-electron chi connectivity index (χ4n) is 1.93. The van der Waals surface area contributed by atoms with Gasteiger partial charge in [-0.1, -0.05) is 0 Å². The third-order valence-electron chi connectivity index (χ3n) is 2.78. The van der Waals surface area contributed by atoms with Crippen LogP contribution >= 0.6 is 0 Å². The fraction of sp³-hybridized carbons (Fsp3) is 0.900. The van der Waals surface area contributed by atoms with Crippen molar-refractivity contribution in [1.29, 1.82) is 0 Å². The Morgan fingerprint density at radius 3 is 2.80 bits per heavy atom. The zero-order chi connectivity index (χ0) is 11.5. The van der Waals surface area contributed by atoms with E-state index in [4.69, 9.17) is 15.2 Å². The van der Waals surface area contributed by atoms with Gasteiger partial charge < -0.3 is 15.2 Å². The van der Waals surface area contributed by atoms with Crippen molar-refractivity contribution in [2.75, 3.05) is 33.4 Å². The standard InChI is InChI=1S/C10H20N2O3/c1-10(2)7-15-5-4-12(10)8(6-11)9(13)14-3/h8H,4-7,11H2,1-3H3. The molecule has 88 valence electrons. The predicted molar refractivity (Wildman–Crippen MR) is 56.5 cm³/mol. The smallest absolute Gasteiger partial charge is 0.324 e. The molecule has 0 spiro atoms. The summed E-state index contributed by atoms with van der Waals surface area (Å²) in [7, 11) is 1.39. The highest BCUT2D eigenvalue weighted by Crippen LogP contribution is 2.21. The predicted octanol–water partition coefficient (Wildman–Crippen LogP) is -0.402. The van der Waals surface area contributed by atoms with Gasteiger partial charge in [-0.05, 0) is 13.8 Å². The molecule has 1 fully saturated rings. The van der Waals surface area contributed by atoms with Crippen molar-refractivity contribution in [2.45, 2.75) is 25.4 Å². The van der Waals surface area contributed by atoms with Gasteiger partial charge in [-0.25, -0.2) is 0 Å². The number of carbonyl (C=O) groups excluding carboxylic acids is 1. The monoisotopic (exact) mass is 216 g/mol. The van der Waals surface area contributed by atoms with Crippen LogP contribution in [0.25, 0.3) is 0 Å². The summed E-state index contributed by atoms with van der Waals surface area (Å²) in [4.78, 5) is 13.6. The first-order chi connectivity index (χ1) is 7.03. The van der Waals surface area contributed by atoms with Gasteiger partial charge in [0.1, 0.15) is 6.04 Å². The summed E-state index contributed by atoms with van der Waals surface area (Å²) in [6.45, 7) is 6.31. The Kier molecular flexibility index (Phi) is 4.07. The Morgan fingerprint density at radius 1 is 1.67 bits per heavy atom. The van der Waals surface area contributed by atoms with E-state index in [0.29, 0.717) is 19.8 Å². The van der Waals surface area contributed by atoms with Crippen LogP contribution in [-0.4, -0.2) is 55.9 Å². The Hall–Kier alpha value is -0.650. The van der Waals surface area contributed by atoms with Gasteiger partial charge in [0, 0.05) is 18.6 Å². The minimum absolute atomic E-state index is 0.170. The van der Waals surface area contributed by atoms with Crippen LogP contribution in [-0.2, 0) is 14.3 Å². The SMILES string of the molecule is COC(=O)C(CN)N1CCOCC1(C)C. The van der Waals surface area contributed by atoms with Crippen molar-refractivity contribution in [2.24, 2.45) is 5.73 Å². The molecule has 1 heterocycles. The van der Waals surface area contributed by atoms with Crippen LogP contribution in [0.2, 0.25) is 0 Å². The number of ether oxygens (including phenoxy) is 2. The molecule has 5 nitrogen and oxygen atoms in total. The van der Waals surface area contributed by atoms with Gasteiger partial charge in [0.05, 0.1) is 20.3 Å². The summed E-state index contributed by atoms with van der Waals surface area (Å²) in [6, 6.07) is -0.367. The van der Waals surface area contributed by atoms with Crippen LogP contribution in [0.5, 0.6) is 0 Å². The normalized spacial score (nSPS) is 23.5. The van der Waals surface area contributed by atoms with Crippen molar-refractivity contribution >= 4 is 5.97 Å². The minimum Gasteiger partial charge on any atom is -0.468 e. The minimum atomic E-state index is -0.367. The van der Waals surface area contributed by atoms with E-state index in [2.05, 4.69) is 4.90 Å². The number of methoxy groups -OCH3 is 1. The molecule has 0 saturated carbocycles. The van der Waals surface area contributed by atoms with E-state index in [-0.39, 0.29) is 24.1 Å². The van der Waals surface area contributed by atoms with Gasteiger partial charge in [0.2, 0.25) is 0 Å². The molecule has 0 amide bonds. The molecule has 0 radical (unpaired) electrons. The molecule has 5 heteroatoms. The molecular formula is C10H20N2O3. The van der Waals surface area contributed by atoms with Crippen LogP contribution < -0.4 is 5.73 Å². The average Bonchev–Trinajstić information content (AvgIpc) is 2.20. The molecule has 1 aliphatic heterocycles. The first kappa shape index (κ1) is 12.4. The second-order valence-corrected chi connectivity index (χ2v) is 4.33. The molecule has 0 aromatic rings. The Balaban J connectivity index is 2.77. The van der Waals surface area contributed by atoms with Crippen LogP contribution in [0.4, 0.5) is 0 Å². The summed E-state index contributed by atoms with van der Waals surface area (Å²) in [6.07, 6.45) is 0. The largest absolute Gasteiger partial charge is 0.468 e. The van der Waals surface area contributed by atoms with Gasteiger partial charge in [-0.15, -0.1) is 0 Å². The van der Waals surface area contributed by atoms with Crippen molar-refractivity contribution in [3.63, 3.8) is 0 Å². The quantitative estimate of drug-likeness (QED) is 0.650. The number of hydrogen-bond acceptors (Lipinski definition) is 5. The second kappa shape index (κ2) is 4.92. The molecule has 1 aliphatic rings. The van der Waals surface area contributed by atoms with Crippen molar-refractivity contribution in [1.82, 2.24) is 4.90 Å². The van der Waals surface area contributed by atoms with Crippen LogP contribution in [0, 0.1) is 0 Å². The summed E-state index contributed by atoms with van der Waals surface area (Å²) in [5, 5.41) is 0. The van der Waals surface area contributed by atoms with Gasteiger partial charge in [0.25, 0.3) is 0 Å². The molecule has 1 atom stereocenters. The molecule has 2 N–H and O–H groups in total. The number of hydrogen-bond donors (Lipinski definition) is 1. The van der Waals surface area contributed by atoms with Crippen molar-refractivity contribution < 1.29 is 14.3 Å². The van der Waals surface area contributed by atoms with E-state index < -0.39 is 0 Å². The topological polar surface area (TPSA) is 64.8 Å². The van der Waals surface area contributed by atoms with Crippen LogP contribution in [0.15, 0.2) is 0 Å². The maximum atomic E-state index is 11.5. The zero-order valence-electron chi connectivity index (χ0n) is 9.66. The van der Waals surface area contributed by atoms with Gasteiger partial charge in [0.15, 0.2) is 0 Å². The third kappa shape index (κ3) is 2.68. The first-order valence-corrected chi connectivity index (χ1v) is 5.15. The average molecular weight is 216 g/mol. The maximum Gasteiger partial charge on any atom is 0.324 e. The molecule has 0 bridgehead atoms. The number of morpholine rings is 1. The summed E-state index contributed by atoms with van der Waals surface area (Å²) >= 11 is 0. The maximum absolute atomic E-state index is 11.5. The molecule has 15 heavy (non-hydrogen) atoms. The van der Waals surface area contributed by atoms with Gasteiger partial charge >= 0.3 is 5.97 Å². The summed E-state index contributed by atoms with van der Waals surface area (Å²) in [5.41, 5.74) is 5.45. The molecule has 1 saturated heterocycles. The van der Waals surface area contributed by atoms with Gasteiger partial charge in [-0.2, -0.15) is 0 Å². The van der Waals surface area contributed by atoms with E-state index in [1.54, 1.807) is 0 Å². The van der Waals surface area contributed by atoms with Crippen molar-refractivity contribution in [3.05, 3.63) is 0 Å². The lowest BCUT2D eigenvalue weighted by Gasteiger charge is -2.45. The number of carbonyl (C=O) groups is 1. The lowest BCUT2D eigenvalue weighted by molar-refractivity contribution is -0.154. The number of rotatable bonds is 3. The number of esters is 1. The first-order valence-electron chi connectivity index (χ1n) is 5.15. The summed E-state index contributed by atoms with van der Waals surface area (Å²) < 4.78 is 10.1. The van der Waals surface area contributed by atoms with Gasteiger partial charge in [-0.3, -0.25) is 9.69 Å². The van der Waals surface area contributed by atoms with E-state index in [1.807, 2.05) is 13.8 Å². The van der Waals surface area contributed by atoms with E-state index in [0.717, 1.165) is 0 Å². The molecule has 1 rings (SSSR count). The second-order valence-electron chi connectivity index (χ2n) is 4.33.